The van der Waals surface area contributed by atoms with Crippen LogP contribution in [0.1, 0.15) is 111 Å². The average molecular weight is 547 g/mol. The summed E-state index contributed by atoms with van der Waals surface area (Å²) in [5.74, 6) is -2.23. The highest BCUT2D eigenvalue weighted by molar-refractivity contribution is 6.21. The third-order valence-electron chi connectivity index (χ3n) is 8.26. The molecule has 0 bridgehead atoms. The van der Waals surface area contributed by atoms with Gasteiger partial charge in [0.05, 0.1) is 11.5 Å². The number of allylic oxidation sites excluding steroid dienone is 2. The molecular weight excluding hydrogens is 496 g/mol. The maximum absolute atomic E-state index is 13.9. The van der Waals surface area contributed by atoms with Gasteiger partial charge >= 0.3 is 0 Å². The van der Waals surface area contributed by atoms with Gasteiger partial charge in [-0.3, -0.25) is 24.0 Å². The molecule has 9 nitrogen and oxygen atoms in total. The van der Waals surface area contributed by atoms with Gasteiger partial charge in [-0.1, -0.05) is 64.5 Å². The van der Waals surface area contributed by atoms with E-state index < -0.39 is 46.5 Å². The number of amides is 3. The highest BCUT2D eigenvalue weighted by atomic mass is 16.2. The molecule has 220 valence electrons. The molecule has 1 aliphatic heterocycles. The molecule has 2 fully saturated rings. The van der Waals surface area contributed by atoms with Crippen LogP contribution in [-0.4, -0.2) is 64.9 Å². The van der Waals surface area contributed by atoms with E-state index in [1.165, 1.54) is 50.9 Å². The molecule has 0 aromatic rings. The second-order valence-electron chi connectivity index (χ2n) is 11.2. The Bertz CT molecular complexity index is 917. The Balaban J connectivity index is 2.31. The van der Waals surface area contributed by atoms with E-state index in [1.807, 2.05) is 19.1 Å². The lowest BCUT2D eigenvalue weighted by Gasteiger charge is -2.48. The molecule has 1 aliphatic carbocycles. The number of nitrogens with two attached hydrogens (primary N) is 1. The van der Waals surface area contributed by atoms with Crippen molar-refractivity contribution >= 4 is 29.3 Å². The molecular formula is C30H50N4O5. The minimum atomic E-state index is -1.93. The number of Topliss-reactive ketones (excluding diaryl/α,β-unsaturated/α-hetero) is 2. The van der Waals surface area contributed by atoms with Gasteiger partial charge < -0.3 is 21.3 Å². The van der Waals surface area contributed by atoms with Crippen molar-refractivity contribution in [1.29, 1.82) is 0 Å². The molecule has 9 heteroatoms. The van der Waals surface area contributed by atoms with E-state index in [-0.39, 0.29) is 38.0 Å². The van der Waals surface area contributed by atoms with Crippen molar-refractivity contribution in [2.45, 2.75) is 129 Å². The van der Waals surface area contributed by atoms with Gasteiger partial charge in [0.25, 0.3) is 5.91 Å². The molecule has 1 heterocycles. The summed E-state index contributed by atoms with van der Waals surface area (Å²) in [6, 6.07) is -1.83. The van der Waals surface area contributed by atoms with Crippen LogP contribution in [0.2, 0.25) is 0 Å². The SMILES string of the molecule is CCCCCCCCCC=CCC12CCN(C(=O)[C@H](C)NC(=O)[C@H](C)N)[C@@]1(C(=O)NCCC)C(=O)CCC2=O. The van der Waals surface area contributed by atoms with Gasteiger partial charge in [-0.25, -0.2) is 0 Å². The fourth-order valence-corrected chi connectivity index (χ4v) is 6.05. The summed E-state index contributed by atoms with van der Waals surface area (Å²) in [5, 5.41) is 5.40. The zero-order valence-corrected chi connectivity index (χ0v) is 24.5. The predicted octanol–water partition coefficient (Wildman–Crippen LogP) is 3.34. The molecule has 1 saturated carbocycles. The molecule has 1 saturated heterocycles. The van der Waals surface area contributed by atoms with E-state index in [1.54, 1.807) is 0 Å². The highest BCUT2D eigenvalue weighted by Crippen LogP contribution is 2.54. The van der Waals surface area contributed by atoms with Crippen LogP contribution in [0.25, 0.3) is 0 Å². The van der Waals surface area contributed by atoms with Crippen molar-refractivity contribution in [3.63, 3.8) is 0 Å². The maximum Gasteiger partial charge on any atom is 0.254 e. The summed E-state index contributed by atoms with van der Waals surface area (Å²) in [5.41, 5.74) is 2.41. The minimum Gasteiger partial charge on any atom is -0.354 e. The number of ketones is 2. The van der Waals surface area contributed by atoms with Crippen molar-refractivity contribution in [3.05, 3.63) is 12.2 Å². The third-order valence-corrected chi connectivity index (χ3v) is 8.26. The molecule has 39 heavy (non-hydrogen) atoms. The van der Waals surface area contributed by atoms with Gasteiger partial charge in [-0.15, -0.1) is 0 Å². The Morgan fingerprint density at radius 1 is 0.949 bits per heavy atom. The van der Waals surface area contributed by atoms with E-state index in [2.05, 4.69) is 17.6 Å². The van der Waals surface area contributed by atoms with Crippen LogP contribution >= 0.6 is 0 Å². The number of carbonyl (C=O) groups is 5. The monoisotopic (exact) mass is 546 g/mol. The molecule has 1 unspecified atom stereocenters. The normalized spacial score (nSPS) is 24.5. The third kappa shape index (κ3) is 7.16. The molecule has 2 aliphatic rings. The zero-order chi connectivity index (χ0) is 29.1. The first-order valence-corrected chi connectivity index (χ1v) is 15.0. The Morgan fingerprint density at radius 3 is 2.23 bits per heavy atom. The second-order valence-corrected chi connectivity index (χ2v) is 11.2. The highest BCUT2D eigenvalue weighted by Gasteiger charge is 2.72. The Morgan fingerprint density at radius 2 is 1.59 bits per heavy atom. The van der Waals surface area contributed by atoms with Crippen molar-refractivity contribution in [2.24, 2.45) is 11.1 Å². The number of rotatable bonds is 16. The van der Waals surface area contributed by atoms with Crippen LogP contribution in [0.3, 0.4) is 0 Å². The van der Waals surface area contributed by atoms with Crippen LogP contribution in [0, 0.1) is 5.41 Å². The summed E-state index contributed by atoms with van der Waals surface area (Å²) in [6.07, 6.45) is 14.3. The van der Waals surface area contributed by atoms with Crippen molar-refractivity contribution in [3.8, 4) is 0 Å². The van der Waals surface area contributed by atoms with E-state index in [9.17, 15) is 24.0 Å². The molecule has 2 rings (SSSR count). The number of fused-ring (bicyclic) bond motifs is 1. The van der Waals surface area contributed by atoms with Gasteiger partial charge in [0.15, 0.2) is 11.3 Å². The number of nitrogens with zero attached hydrogens (tertiary/aromatic N) is 1. The minimum absolute atomic E-state index is 0.0618. The van der Waals surface area contributed by atoms with Crippen LogP contribution in [0.4, 0.5) is 0 Å². The first kappa shape index (κ1) is 32.7. The molecule has 4 N–H and O–H groups in total. The van der Waals surface area contributed by atoms with E-state index in [0.717, 1.165) is 19.3 Å². The topological polar surface area (TPSA) is 139 Å². The predicted molar refractivity (Wildman–Crippen MR) is 152 cm³/mol. The Labute approximate surface area is 234 Å². The average Bonchev–Trinajstić information content (AvgIpc) is 3.27. The van der Waals surface area contributed by atoms with Gasteiger partial charge in [-0.05, 0) is 46.0 Å². The van der Waals surface area contributed by atoms with Gasteiger partial charge in [0.2, 0.25) is 11.8 Å². The smallest absolute Gasteiger partial charge is 0.254 e. The molecule has 3 amide bonds. The number of nitrogens with one attached hydrogen (secondary N) is 2. The van der Waals surface area contributed by atoms with Crippen LogP contribution < -0.4 is 16.4 Å². The first-order chi connectivity index (χ1) is 18.6. The van der Waals surface area contributed by atoms with E-state index in [4.69, 9.17) is 5.73 Å². The van der Waals surface area contributed by atoms with Crippen molar-refractivity contribution in [2.75, 3.05) is 13.1 Å². The molecule has 4 atom stereocenters. The quantitative estimate of drug-likeness (QED) is 0.154. The summed E-state index contributed by atoms with van der Waals surface area (Å²) in [6.45, 7) is 7.53. The number of carbonyl (C=O) groups excluding carboxylic acids is 5. The van der Waals surface area contributed by atoms with Gasteiger partial charge in [0, 0.05) is 25.9 Å². The summed E-state index contributed by atoms with van der Waals surface area (Å²) >= 11 is 0. The lowest BCUT2D eigenvalue weighted by molar-refractivity contribution is -0.167. The molecule has 0 aromatic heterocycles. The molecule has 0 spiro atoms. The van der Waals surface area contributed by atoms with Crippen LogP contribution in [0.5, 0.6) is 0 Å². The van der Waals surface area contributed by atoms with Crippen LogP contribution in [-0.2, 0) is 24.0 Å². The Kier molecular flexibility index (Phi) is 12.8. The number of unbranched alkanes of at least 4 members (excludes halogenated alkanes) is 7. The second kappa shape index (κ2) is 15.3. The molecule has 0 radical (unpaired) electrons. The number of hydrogen-bond donors (Lipinski definition) is 3. The Hall–Kier alpha value is -2.55. The summed E-state index contributed by atoms with van der Waals surface area (Å²) < 4.78 is 0. The summed E-state index contributed by atoms with van der Waals surface area (Å²) in [4.78, 5) is 68.4. The van der Waals surface area contributed by atoms with E-state index >= 15 is 0 Å². The van der Waals surface area contributed by atoms with E-state index in [0.29, 0.717) is 13.0 Å². The lowest BCUT2D eigenvalue weighted by atomic mass is 9.57. The fourth-order valence-electron chi connectivity index (χ4n) is 6.05. The standard InChI is InChI=1S/C30H50N4O5/c1-5-7-8-9-10-11-12-13-14-15-18-29-19-21-34(27(38)23(4)33-26(37)22(3)31)30(29,28(39)32-20-6-2)25(36)17-16-24(29)35/h14-15,22-23H,5-13,16-21,31H2,1-4H3,(H,32,39)(H,33,37)/t22-,23-,29?,30+/m0/s1. The first-order valence-electron chi connectivity index (χ1n) is 15.0. The van der Waals surface area contributed by atoms with Gasteiger partial charge in [0.1, 0.15) is 11.8 Å². The largest absolute Gasteiger partial charge is 0.354 e. The van der Waals surface area contributed by atoms with Crippen molar-refractivity contribution < 1.29 is 24.0 Å². The molecule has 0 aromatic carbocycles. The van der Waals surface area contributed by atoms with Crippen molar-refractivity contribution in [1.82, 2.24) is 15.5 Å². The maximum atomic E-state index is 13.9. The number of likely N-dealkylation sites (tertiary alicyclic amines) is 1. The summed E-state index contributed by atoms with van der Waals surface area (Å²) in [7, 11) is 0. The lowest BCUT2D eigenvalue weighted by Crippen LogP contribution is -2.73. The van der Waals surface area contributed by atoms with Crippen LogP contribution in [0.15, 0.2) is 12.2 Å². The zero-order valence-electron chi connectivity index (χ0n) is 24.5. The number of hydrogen-bond acceptors (Lipinski definition) is 6. The fraction of sp³-hybridized carbons (Fsp3) is 0.767. The van der Waals surface area contributed by atoms with Gasteiger partial charge in [-0.2, -0.15) is 0 Å².